The smallest absolute Gasteiger partial charge is 0.402 e. The van der Waals surface area contributed by atoms with E-state index in [2.05, 4.69) is 80.4 Å². The van der Waals surface area contributed by atoms with Crippen LogP contribution in [0.25, 0.3) is 5.48 Å². The first-order valence-corrected chi connectivity index (χ1v) is 12.3. The lowest BCUT2D eigenvalue weighted by Crippen LogP contribution is -2.04. The van der Waals surface area contributed by atoms with Crippen LogP contribution in [-0.4, -0.2) is 45.8 Å². The molecular weight excluding hydrogens is 446 g/mol. The van der Waals surface area contributed by atoms with Crippen molar-refractivity contribution in [3.8, 4) is 0 Å². The van der Waals surface area contributed by atoms with Crippen LogP contribution >= 0.6 is 11.6 Å². The molecule has 0 saturated carbocycles. The molecule has 2 heterocycles. The van der Waals surface area contributed by atoms with Crippen molar-refractivity contribution in [1.82, 2.24) is 9.97 Å². The third kappa shape index (κ3) is 9.02. The normalized spacial score (nSPS) is 14.1. The Bertz CT molecular complexity index is 1060. The third-order valence-corrected chi connectivity index (χ3v) is 5.80. The van der Waals surface area contributed by atoms with Crippen LogP contribution in [0, 0.1) is 0 Å². The molecule has 0 atom stereocenters. The minimum Gasteiger partial charge on any atom is -0.402 e. The largest absolute Gasteiger partial charge is 0.491 e. The maximum Gasteiger partial charge on any atom is 0.491 e. The topological polar surface area (TPSA) is 55.1 Å². The molecule has 1 aromatic heterocycles. The summed E-state index contributed by atoms with van der Waals surface area (Å²) in [6, 6.07) is 3.25. The summed E-state index contributed by atoms with van der Waals surface area (Å²) in [5, 5.41) is 0.133. The van der Waals surface area contributed by atoms with Gasteiger partial charge in [0.05, 0.1) is 0 Å². The fraction of sp³-hybridized carbons (Fsp3) is 0.519. The van der Waals surface area contributed by atoms with Gasteiger partial charge in [-0.3, -0.25) is 0 Å². The molecule has 1 aromatic rings. The van der Waals surface area contributed by atoms with Gasteiger partial charge in [0, 0.05) is 12.9 Å². The predicted molar refractivity (Wildman–Crippen MR) is 141 cm³/mol. The molecule has 7 heteroatoms. The van der Waals surface area contributed by atoms with Gasteiger partial charge in [0.15, 0.2) is 13.6 Å². The maximum atomic E-state index is 6.03. The van der Waals surface area contributed by atoms with E-state index in [0.29, 0.717) is 18.2 Å². The zero-order valence-electron chi connectivity index (χ0n) is 21.8. The van der Waals surface area contributed by atoms with Crippen LogP contribution in [0.15, 0.2) is 46.6 Å². The van der Waals surface area contributed by atoms with Crippen molar-refractivity contribution in [2.45, 2.75) is 73.1 Å². The van der Waals surface area contributed by atoms with Crippen molar-refractivity contribution in [3.63, 3.8) is 0 Å². The van der Waals surface area contributed by atoms with Crippen molar-refractivity contribution in [1.29, 1.82) is 0 Å². The Morgan fingerprint density at radius 1 is 0.912 bits per heavy atom. The van der Waals surface area contributed by atoms with Crippen molar-refractivity contribution >= 4 is 34.9 Å². The minimum absolute atomic E-state index is 0.133. The molecule has 0 radical (unpaired) electrons. The Labute approximate surface area is 210 Å². The lowest BCUT2D eigenvalue weighted by atomic mass is 10.0. The Balaban J connectivity index is 1.85. The Kier molecular flexibility index (Phi) is 11.4. The molecule has 0 N–H and O–H groups in total. The van der Waals surface area contributed by atoms with Gasteiger partial charge in [-0.2, -0.15) is 4.98 Å². The summed E-state index contributed by atoms with van der Waals surface area (Å²) < 4.78 is 3.74. The molecule has 6 nitrogen and oxygen atoms in total. The summed E-state index contributed by atoms with van der Waals surface area (Å²) in [5.74, 6) is 1.07. The van der Waals surface area contributed by atoms with E-state index in [4.69, 9.17) is 16.4 Å². The second-order valence-electron chi connectivity index (χ2n) is 9.08. The summed E-state index contributed by atoms with van der Waals surface area (Å²) in [6.45, 7) is 11.6. The van der Waals surface area contributed by atoms with Crippen LogP contribution < -0.4 is 0 Å². The van der Waals surface area contributed by atoms with Crippen LogP contribution in [0.3, 0.4) is 0 Å². The van der Waals surface area contributed by atoms with Gasteiger partial charge in [-0.1, -0.05) is 61.3 Å². The SMILES string of the molecule is CO[N-]c1nc(Cl)nc2c1[N+](C/C=C(\C)CC/C=C(\C)CC/C=C(\C)CCC=C(C)C)=C=[N+]2C. The number of hydrogen-bond donors (Lipinski definition) is 0. The molecule has 0 fully saturated rings. The molecule has 1 aliphatic heterocycles. The Hall–Kier alpha value is -2.53. The number of hydrogen-bond acceptors (Lipinski definition) is 3. The summed E-state index contributed by atoms with van der Waals surface area (Å²) in [6.07, 6.45) is 15.9. The van der Waals surface area contributed by atoms with Crippen LogP contribution in [0.1, 0.15) is 73.1 Å². The van der Waals surface area contributed by atoms with E-state index in [1.54, 1.807) is 4.58 Å². The molecule has 184 valence electrons. The summed E-state index contributed by atoms with van der Waals surface area (Å²) in [4.78, 5) is 13.4. The lowest BCUT2D eigenvalue weighted by molar-refractivity contribution is -0.446. The Morgan fingerprint density at radius 2 is 1.47 bits per heavy atom. The van der Waals surface area contributed by atoms with Gasteiger partial charge in [0.1, 0.15) is 5.28 Å². The lowest BCUT2D eigenvalue weighted by Gasteiger charge is -2.12. The van der Waals surface area contributed by atoms with Gasteiger partial charge >= 0.3 is 17.5 Å². The van der Waals surface area contributed by atoms with E-state index in [1.165, 1.54) is 29.4 Å². The summed E-state index contributed by atoms with van der Waals surface area (Å²) in [5.41, 5.74) is 10.4. The van der Waals surface area contributed by atoms with Crippen molar-refractivity contribution in [2.24, 2.45) is 0 Å². The summed E-state index contributed by atoms with van der Waals surface area (Å²) >= 11 is 6.03. The number of fused-ring (bicyclic) bond motifs is 1. The molecular formula is C27H39ClN5O+. The highest BCUT2D eigenvalue weighted by Gasteiger charge is 2.34. The van der Waals surface area contributed by atoms with E-state index >= 15 is 0 Å². The Morgan fingerprint density at radius 3 is 2.03 bits per heavy atom. The highest BCUT2D eigenvalue weighted by Crippen LogP contribution is 2.38. The zero-order chi connectivity index (χ0) is 25.1. The first kappa shape index (κ1) is 27.7. The van der Waals surface area contributed by atoms with Crippen molar-refractivity contribution in [2.75, 3.05) is 20.7 Å². The van der Waals surface area contributed by atoms with Gasteiger partial charge in [0.2, 0.25) is 0 Å². The van der Waals surface area contributed by atoms with Gasteiger partial charge in [-0.25, -0.2) is 0 Å². The first-order valence-electron chi connectivity index (χ1n) is 11.9. The second-order valence-corrected chi connectivity index (χ2v) is 9.42. The average molecular weight is 485 g/mol. The van der Waals surface area contributed by atoms with Crippen LogP contribution in [0.2, 0.25) is 5.28 Å². The highest BCUT2D eigenvalue weighted by molar-refractivity contribution is 6.28. The number of halogens is 1. The quantitative estimate of drug-likeness (QED) is 0.123. The van der Waals surface area contributed by atoms with Crippen LogP contribution in [-0.2, 0) is 4.84 Å². The monoisotopic (exact) mass is 484 g/mol. The highest BCUT2D eigenvalue weighted by atomic mass is 35.5. The molecule has 1 aliphatic rings. The molecule has 2 rings (SSSR count). The maximum absolute atomic E-state index is 6.03. The fourth-order valence-corrected chi connectivity index (χ4v) is 3.84. The van der Waals surface area contributed by atoms with Gasteiger partial charge in [0.25, 0.3) is 0 Å². The first-order chi connectivity index (χ1) is 16.2. The van der Waals surface area contributed by atoms with E-state index in [9.17, 15) is 0 Å². The van der Waals surface area contributed by atoms with Gasteiger partial charge in [-0.05, 0) is 79.2 Å². The average Bonchev–Trinajstić information content (AvgIpc) is 3.07. The number of aromatic nitrogens is 2. The fourth-order valence-electron chi connectivity index (χ4n) is 3.68. The zero-order valence-corrected chi connectivity index (χ0v) is 22.5. The molecule has 0 unspecified atom stereocenters. The molecule has 0 bridgehead atoms. The van der Waals surface area contributed by atoms with Crippen molar-refractivity contribution < 1.29 is 14.0 Å². The summed E-state index contributed by atoms with van der Waals surface area (Å²) in [7, 11) is 3.37. The van der Waals surface area contributed by atoms with E-state index in [-0.39, 0.29) is 5.28 Å². The molecule has 0 amide bonds. The van der Waals surface area contributed by atoms with E-state index in [0.717, 1.165) is 44.2 Å². The van der Waals surface area contributed by atoms with E-state index < -0.39 is 0 Å². The van der Waals surface area contributed by atoms with Gasteiger partial charge < -0.3 is 15.3 Å². The standard InChI is InChI=1S/C27H39ClN5O/c1-20(2)11-8-12-21(3)13-9-14-22(4)15-10-16-23(5)17-18-33-19-32(6)26-24(33)25(31-34-7)29-27(28)30-26/h11,13,15,17H,8-10,12,14,16,18H2,1-7H3/q+1/b21-13+,22-15+,23-17+. The molecule has 0 aliphatic carbocycles. The molecule has 0 aromatic carbocycles. The second kappa shape index (κ2) is 14.0. The minimum atomic E-state index is 0.133. The van der Waals surface area contributed by atoms with Crippen LogP contribution in [0.5, 0.6) is 0 Å². The third-order valence-electron chi connectivity index (χ3n) is 5.63. The number of allylic oxidation sites excluding steroid dienone is 7. The van der Waals surface area contributed by atoms with Crippen molar-refractivity contribution in [3.05, 3.63) is 57.4 Å². The molecule has 0 spiro atoms. The predicted octanol–water partition coefficient (Wildman–Crippen LogP) is 7.95. The number of nitrogens with zero attached hydrogens (tertiary/aromatic N) is 5. The molecule has 0 saturated heterocycles. The number of rotatable bonds is 13. The van der Waals surface area contributed by atoms with Gasteiger partial charge in [-0.15, -0.1) is 0 Å². The molecule has 34 heavy (non-hydrogen) atoms. The van der Waals surface area contributed by atoms with Crippen LogP contribution in [0.4, 0.5) is 17.3 Å². The van der Waals surface area contributed by atoms with E-state index in [1.807, 2.05) is 11.6 Å².